The normalized spacial score (nSPS) is 10.9. The summed E-state index contributed by atoms with van der Waals surface area (Å²) < 4.78 is 19.4. The summed E-state index contributed by atoms with van der Waals surface area (Å²) in [4.78, 5) is 15.8. The van der Waals surface area contributed by atoms with Gasteiger partial charge in [0, 0.05) is 5.56 Å². The standard InChI is InChI=1S/C15H10FNO2S/c1-9(18)10-6-7-14(11(16)8-10)20-15-17-12-4-2-3-5-13(12)19-15/h2-8H,1H3. The molecule has 3 aromatic rings. The average molecular weight is 287 g/mol. The van der Waals surface area contributed by atoms with Gasteiger partial charge >= 0.3 is 0 Å². The second-order valence-corrected chi connectivity index (χ2v) is 5.24. The third-order valence-corrected chi connectivity index (χ3v) is 3.71. The molecular formula is C15H10FNO2S. The SMILES string of the molecule is CC(=O)c1ccc(Sc2nc3ccccc3o2)c(F)c1. The predicted molar refractivity (Wildman–Crippen MR) is 74.5 cm³/mol. The highest BCUT2D eigenvalue weighted by atomic mass is 32.2. The van der Waals surface area contributed by atoms with Crippen LogP contribution in [0.2, 0.25) is 0 Å². The number of ketones is 1. The van der Waals surface area contributed by atoms with Crippen molar-refractivity contribution in [3.05, 3.63) is 53.8 Å². The van der Waals surface area contributed by atoms with Crippen molar-refractivity contribution in [2.24, 2.45) is 0 Å². The van der Waals surface area contributed by atoms with Crippen LogP contribution < -0.4 is 0 Å². The van der Waals surface area contributed by atoms with Crippen molar-refractivity contribution in [2.75, 3.05) is 0 Å². The number of carbonyl (C=O) groups excluding carboxylic acids is 1. The van der Waals surface area contributed by atoms with Crippen LogP contribution in [0.15, 0.2) is 57.0 Å². The van der Waals surface area contributed by atoms with E-state index in [4.69, 9.17) is 4.42 Å². The first-order chi connectivity index (χ1) is 9.63. The number of para-hydroxylation sites is 2. The number of aromatic nitrogens is 1. The number of rotatable bonds is 3. The first kappa shape index (κ1) is 12.9. The number of hydrogen-bond donors (Lipinski definition) is 0. The molecule has 20 heavy (non-hydrogen) atoms. The smallest absolute Gasteiger partial charge is 0.261 e. The van der Waals surface area contributed by atoms with Crippen molar-refractivity contribution in [2.45, 2.75) is 17.0 Å². The van der Waals surface area contributed by atoms with Crippen molar-refractivity contribution in [1.29, 1.82) is 0 Å². The lowest BCUT2D eigenvalue weighted by molar-refractivity contribution is 0.101. The van der Waals surface area contributed by atoms with Gasteiger partial charge in [0.25, 0.3) is 5.22 Å². The molecule has 0 amide bonds. The van der Waals surface area contributed by atoms with Gasteiger partial charge in [0.1, 0.15) is 11.3 Å². The number of fused-ring (bicyclic) bond motifs is 1. The van der Waals surface area contributed by atoms with Crippen LogP contribution in [-0.4, -0.2) is 10.8 Å². The van der Waals surface area contributed by atoms with Crippen LogP contribution in [-0.2, 0) is 0 Å². The zero-order valence-electron chi connectivity index (χ0n) is 10.6. The maximum absolute atomic E-state index is 13.9. The molecule has 5 heteroatoms. The van der Waals surface area contributed by atoms with E-state index >= 15 is 0 Å². The molecule has 0 unspecified atom stereocenters. The summed E-state index contributed by atoms with van der Waals surface area (Å²) in [6.07, 6.45) is 0. The van der Waals surface area contributed by atoms with Crippen LogP contribution in [0.5, 0.6) is 0 Å². The molecule has 1 aromatic heterocycles. The van der Waals surface area contributed by atoms with Crippen LogP contribution in [0, 0.1) is 5.82 Å². The molecule has 0 radical (unpaired) electrons. The molecule has 0 bridgehead atoms. The van der Waals surface area contributed by atoms with E-state index in [1.54, 1.807) is 12.1 Å². The summed E-state index contributed by atoms with van der Waals surface area (Å²) >= 11 is 1.10. The molecule has 2 aromatic carbocycles. The Morgan fingerprint density at radius 2 is 2.05 bits per heavy atom. The Morgan fingerprint density at radius 1 is 1.25 bits per heavy atom. The van der Waals surface area contributed by atoms with Gasteiger partial charge in [0.2, 0.25) is 0 Å². The van der Waals surface area contributed by atoms with Crippen LogP contribution in [0.25, 0.3) is 11.1 Å². The number of halogens is 1. The van der Waals surface area contributed by atoms with Gasteiger partial charge in [0.15, 0.2) is 11.4 Å². The predicted octanol–water partition coefficient (Wildman–Crippen LogP) is 4.32. The largest absolute Gasteiger partial charge is 0.431 e. The minimum absolute atomic E-state index is 0.165. The lowest BCUT2D eigenvalue weighted by atomic mass is 10.1. The zero-order valence-corrected chi connectivity index (χ0v) is 11.4. The number of nitrogens with zero attached hydrogens (tertiary/aromatic N) is 1. The van der Waals surface area contributed by atoms with Gasteiger partial charge in [-0.05, 0) is 43.0 Å². The van der Waals surface area contributed by atoms with E-state index in [0.29, 0.717) is 21.3 Å². The first-order valence-electron chi connectivity index (χ1n) is 5.97. The highest BCUT2D eigenvalue weighted by Crippen LogP contribution is 2.31. The Kier molecular flexibility index (Phi) is 3.28. The molecule has 0 saturated carbocycles. The fraction of sp³-hybridized carbons (Fsp3) is 0.0667. The zero-order chi connectivity index (χ0) is 14.1. The van der Waals surface area contributed by atoms with Crippen molar-refractivity contribution >= 4 is 28.6 Å². The molecular weight excluding hydrogens is 277 g/mol. The Morgan fingerprint density at radius 3 is 2.75 bits per heavy atom. The monoisotopic (exact) mass is 287 g/mol. The molecule has 0 fully saturated rings. The topological polar surface area (TPSA) is 43.1 Å². The maximum Gasteiger partial charge on any atom is 0.261 e. The lowest BCUT2D eigenvalue weighted by Gasteiger charge is -2.01. The Balaban J connectivity index is 1.92. The third-order valence-electron chi connectivity index (χ3n) is 2.81. The second-order valence-electron chi connectivity index (χ2n) is 4.25. The van der Waals surface area contributed by atoms with Gasteiger partial charge in [-0.1, -0.05) is 18.2 Å². The first-order valence-corrected chi connectivity index (χ1v) is 6.79. The molecule has 0 spiro atoms. The van der Waals surface area contributed by atoms with E-state index in [0.717, 1.165) is 17.3 Å². The van der Waals surface area contributed by atoms with Crippen molar-refractivity contribution < 1.29 is 13.6 Å². The Bertz CT molecular complexity index is 764. The van der Waals surface area contributed by atoms with Gasteiger partial charge < -0.3 is 4.42 Å². The summed E-state index contributed by atoms with van der Waals surface area (Å²) in [5.74, 6) is -0.618. The summed E-state index contributed by atoms with van der Waals surface area (Å²) in [6, 6.07) is 11.7. The highest BCUT2D eigenvalue weighted by Gasteiger charge is 2.12. The van der Waals surface area contributed by atoms with Crippen molar-refractivity contribution in [3.8, 4) is 0 Å². The fourth-order valence-electron chi connectivity index (χ4n) is 1.79. The number of oxazole rings is 1. The molecule has 0 N–H and O–H groups in total. The van der Waals surface area contributed by atoms with Crippen LogP contribution in [0.3, 0.4) is 0 Å². The molecule has 3 nitrogen and oxygen atoms in total. The van der Waals surface area contributed by atoms with E-state index in [-0.39, 0.29) is 5.78 Å². The minimum Gasteiger partial charge on any atom is -0.431 e. The van der Waals surface area contributed by atoms with Gasteiger partial charge in [-0.25, -0.2) is 9.37 Å². The Hall–Kier alpha value is -2.14. The minimum atomic E-state index is -0.454. The average Bonchev–Trinajstić information content (AvgIpc) is 2.83. The number of carbonyl (C=O) groups is 1. The van der Waals surface area contributed by atoms with Gasteiger partial charge in [-0.2, -0.15) is 0 Å². The van der Waals surface area contributed by atoms with E-state index in [1.807, 2.05) is 24.3 Å². The van der Waals surface area contributed by atoms with Gasteiger partial charge in [-0.15, -0.1) is 0 Å². The molecule has 1 heterocycles. The molecule has 0 aliphatic rings. The van der Waals surface area contributed by atoms with Crippen molar-refractivity contribution in [1.82, 2.24) is 4.98 Å². The summed E-state index contributed by atoms with van der Waals surface area (Å²) in [5, 5.41) is 0.376. The summed E-state index contributed by atoms with van der Waals surface area (Å²) in [7, 11) is 0. The fourth-order valence-corrected chi connectivity index (χ4v) is 2.55. The third kappa shape index (κ3) is 2.44. The lowest BCUT2D eigenvalue weighted by Crippen LogP contribution is -1.93. The molecule has 0 aliphatic carbocycles. The second kappa shape index (κ2) is 5.09. The molecule has 100 valence electrons. The molecule has 0 saturated heterocycles. The summed E-state index contributed by atoms with van der Waals surface area (Å²) in [5.41, 5.74) is 1.75. The maximum atomic E-state index is 13.9. The van der Waals surface area contributed by atoms with Gasteiger partial charge in [-0.3, -0.25) is 4.79 Å². The summed E-state index contributed by atoms with van der Waals surface area (Å²) in [6.45, 7) is 1.41. The molecule has 3 rings (SSSR count). The number of Topliss-reactive ketones (excluding diaryl/α,β-unsaturated/α-hetero) is 1. The van der Waals surface area contributed by atoms with Crippen LogP contribution in [0.4, 0.5) is 4.39 Å². The number of benzene rings is 2. The Labute approximate surface area is 118 Å². The molecule has 0 atom stereocenters. The molecule has 0 aliphatic heterocycles. The van der Waals surface area contributed by atoms with E-state index < -0.39 is 5.82 Å². The quantitative estimate of drug-likeness (QED) is 0.673. The van der Waals surface area contributed by atoms with E-state index in [1.165, 1.54) is 13.0 Å². The van der Waals surface area contributed by atoms with Crippen molar-refractivity contribution in [3.63, 3.8) is 0 Å². The van der Waals surface area contributed by atoms with Crippen LogP contribution >= 0.6 is 11.8 Å². The van der Waals surface area contributed by atoms with Crippen LogP contribution in [0.1, 0.15) is 17.3 Å². The van der Waals surface area contributed by atoms with E-state index in [2.05, 4.69) is 4.98 Å². The van der Waals surface area contributed by atoms with Gasteiger partial charge in [0.05, 0.1) is 4.90 Å². The number of hydrogen-bond acceptors (Lipinski definition) is 4. The van der Waals surface area contributed by atoms with E-state index in [9.17, 15) is 9.18 Å². The highest BCUT2D eigenvalue weighted by molar-refractivity contribution is 7.99.